The van der Waals surface area contributed by atoms with Crippen molar-refractivity contribution >= 4 is 34.9 Å². The number of anilines is 1. The summed E-state index contributed by atoms with van der Waals surface area (Å²) in [7, 11) is 0. The molecule has 0 radical (unpaired) electrons. The first-order valence-electron chi connectivity index (χ1n) is 9.87. The summed E-state index contributed by atoms with van der Waals surface area (Å²) in [6.45, 7) is 0. The van der Waals surface area contributed by atoms with E-state index in [-0.39, 0.29) is 17.5 Å². The van der Waals surface area contributed by atoms with Gasteiger partial charge < -0.3 is 5.32 Å². The highest BCUT2D eigenvalue weighted by Crippen LogP contribution is 2.29. The molecule has 1 aliphatic rings. The molecule has 0 saturated heterocycles. The number of hydrogen-bond donors (Lipinski definition) is 1. The Morgan fingerprint density at radius 3 is 2.13 bits per heavy atom. The second-order valence-electron chi connectivity index (χ2n) is 7.15. The molecule has 1 N–H and O–H groups in total. The van der Waals surface area contributed by atoms with Crippen LogP contribution in [0.15, 0.2) is 72.8 Å². The Morgan fingerprint density at radius 1 is 0.767 bits per heavy atom. The maximum Gasteiger partial charge on any atom is 0.224 e. The summed E-state index contributed by atoms with van der Waals surface area (Å²) in [5, 5.41) is 2.85. The number of ketones is 2. The molecule has 1 amide bonds. The Morgan fingerprint density at radius 2 is 1.40 bits per heavy atom. The summed E-state index contributed by atoms with van der Waals surface area (Å²) in [4.78, 5) is 37.7. The predicted molar refractivity (Wildman–Crippen MR) is 120 cm³/mol. The van der Waals surface area contributed by atoms with Gasteiger partial charge in [0.25, 0.3) is 0 Å². The normalized spacial score (nSPS) is 12.3. The smallest absolute Gasteiger partial charge is 0.224 e. The van der Waals surface area contributed by atoms with Gasteiger partial charge in [-0.05, 0) is 35.9 Å². The summed E-state index contributed by atoms with van der Waals surface area (Å²) in [6.07, 6.45) is 1.19. The van der Waals surface area contributed by atoms with Crippen LogP contribution in [0.25, 0.3) is 0 Å². The van der Waals surface area contributed by atoms with Gasteiger partial charge in [0.05, 0.1) is 0 Å². The van der Waals surface area contributed by atoms with Crippen molar-refractivity contribution in [1.29, 1.82) is 0 Å². The van der Waals surface area contributed by atoms with Crippen molar-refractivity contribution in [2.45, 2.75) is 18.6 Å². The predicted octanol–water partition coefficient (Wildman–Crippen LogP) is 5.11. The third-order valence-electron chi connectivity index (χ3n) is 5.01. The Balaban J connectivity index is 1.33. The molecule has 1 aliphatic carbocycles. The molecule has 0 aliphatic heterocycles. The molecule has 5 heteroatoms. The molecule has 30 heavy (non-hydrogen) atoms. The number of benzene rings is 3. The number of thioether (sulfide) groups is 1. The molecular weight excluding hydrogens is 394 g/mol. The molecule has 0 aromatic heterocycles. The van der Waals surface area contributed by atoms with Crippen LogP contribution in [0, 0.1) is 0 Å². The first-order chi connectivity index (χ1) is 14.6. The van der Waals surface area contributed by atoms with Gasteiger partial charge in [-0.15, -0.1) is 0 Å². The summed E-state index contributed by atoms with van der Waals surface area (Å²) in [5.74, 6) is 1.40. The molecule has 0 saturated carbocycles. The molecule has 0 fully saturated rings. The zero-order valence-electron chi connectivity index (χ0n) is 16.4. The van der Waals surface area contributed by atoms with Crippen molar-refractivity contribution in [1.82, 2.24) is 0 Å². The molecule has 3 aromatic rings. The number of carbonyl (C=O) groups is 3. The van der Waals surface area contributed by atoms with Gasteiger partial charge in [-0.1, -0.05) is 54.6 Å². The Hall–Kier alpha value is -3.18. The summed E-state index contributed by atoms with van der Waals surface area (Å²) in [5.41, 5.74) is 3.38. The van der Waals surface area contributed by atoms with Crippen LogP contribution in [0.4, 0.5) is 5.69 Å². The zero-order valence-corrected chi connectivity index (χ0v) is 17.2. The van der Waals surface area contributed by atoms with E-state index in [0.29, 0.717) is 34.4 Å². The lowest BCUT2D eigenvalue weighted by atomic mass is 9.84. The second kappa shape index (κ2) is 9.09. The van der Waals surface area contributed by atoms with E-state index in [4.69, 9.17) is 0 Å². The van der Waals surface area contributed by atoms with Gasteiger partial charge in [0, 0.05) is 40.1 Å². The third kappa shape index (κ3) is 4.36. The van der Waals surface area contributed by atoms with Gasteiger partial charge >= 0.3 is 0 Å². The zero-order chi connectivity index (χ0) is 20.9. The monoisotopic (exact) mass is 415 g/mol. The standard InChI is InChI=1S/C25H21NO3S/c27-23(11-6-14-30-16-17-7-2-1-3-8-17)26-18-12-13-21-22(15-18)25(29)20-10-5-4-9-19(20)24(21)28/h1-5,7-10,12-13,15H,6,11,14,16H2,(H,26,27). The van der Waals surface area contributed by atoms with Crippen molar-refractivity contribution in [2.75, 3.05) is 11.1 Å². The van der Waals surface area contributed by atoms with Gasteiger partial charge in [-0.3, -0.25) is 14.4 Å². The maximum absolute atomic E-state index is 12.8. The second-order valence-corrected chi connectivity index (χ2v) is 8.26. The number of fused-ring (bicyclic) bond motifs is 2. The topological polar surface area (TPSA) is 63.2 Å². The summed E-state index contributed by atoms with van der Waals surface area (Å²) in [6, 6.07) is 22.0. The van der Waals surface area contributed by atoms with E-state index in [2.05, 4.69) is 17.4 Å². The molecule has 4 rings (SSSR count). The quantitative estimate of drug-likeness (QED) is 0.426. The summed E-state index contributed by atoms with van der Waals surface area (Å²) >= 11 is 1.81. The Labute approximate surface area is 179 Å². The maximum atomic E-state index is 12.8. The van der Waals surface area contributed by atoms with Crippen LogP contribution in [0.1, 0.15) is 50.2 Å². The lowest BCUT2D eigenvalue weighted by molar-refractivity contribution is -0.116. The Kier molecular flexibility index (Phi) is 6.10. The van der Waals surface area contributed by atoms with Crippen LogP contribution in [0.2, 0.25) is 0 Å². The van der Waals surface area contributed by atoms with Gasteiger partial charge in [-0.25, -0.2) is 0 Å². The average Bonchev–Trinajstić information content (AvgIpc) is 2.78. The van der Waals surface area contributed by atoms with Crippen molar-refractivity contribution in [3.8, 4) is 0 Å². The van der Waals surface area contributed by atoms with Crippen LogP contribution >= 0.6 is 11.8 Å². The fraction of sp³-hybridized carbons (Fsp3) is 0.160. The molecule has 0 heterocycles. The minimum Gasteiger partial charge on any atom is -0.326 e. The fourth-order valence-corrected chi connectivity index (χ4v) is 4.42. The van der Waals surface area contributed by atoms with Gasteiger partial charge in [0.2, 0.25) is 5.91 Å². The average molecular weight is 416 g/mol. The van der Waals surface area contributed by atoms with Gasteiger partial charge in [-0.2, -0.15) is 11.8 Å². The molecule has 0 atom stereocenters. The van der Waals surface area contributed by atoms with Crippen LogP contribution in [0.5, 0.6) is 0 Å². The SMILES string of the molecule is O=C(CCCSCc1ccccc1)Nc1ccc2c(c1)C(=O)c1ccccc1C2=O. The number of amides is 1. The highest BCUT2D eigenvalue weighted by Gasteiger charge is 2.29. The molecule has 4 nitrogen and oxygen atoms in total. The lowest BCUT2D eigenvalue weighted by Gasteiger charge is -2.18. The lowest BCUT2D eigenvalue weighted by Crippen LogP contribution is -2.21. The number of nitrogens with one attached hydrogen (secondary N) is 1. The van der Waals surface area contributed by atoms with E-state index in [9.17, 15) is 14.4 Å². The third-order valence-corrected chi connectivity index (χ3v) is 6.13. The van der Waals surface area contributed by atoms with Crippen molar-refractivity contribution in [2.24, 2.45) is 0 Å². The first kappa shape index (κ1) is 20.1. The molecule has 0 unspecified atom stereocenters. The molecule has 150 valence electrons. The van der Waals surface area contributed by atoms with E-state index in [1.165, 1.54) is 5.56 Å². The van der Waals surface area contributed by atoms with Gasteiger partial charge in [0.1, 0.15) is 0 Å². The van der Waals surface area contributed by atoms with Crippen molar-refractivity contribution < 1.29 is 14.4 Å². The number of carbonyl (C=O) groups excluding carboxylic acids is 3. The van der Waals surface area contributed by atoms with Crippen LogP contribution in [-0.2, 0) is 10.5 Å². The van der Waals surface area contributed by atoms with Gasteiger partial charge in [0.15, 0.2) is 11.6 Å². The highest BCUT2D eigenvalue weighted by molar-refractivity contribution is 7.98. The summed E-state index contributed by atoms with van der Waals surface area (Å²) < 4.78 is 0. The number of hydrogen-bond acceptors (Lipinski definition) is 4. The van der Waals surface area contributed by atoms with E-state index < -0.39 is 0 Å². The van der Waals surface area contributed by atoms with Crippen molar-refractivity contribution in [3.63, 3.8) is 0 Å². The van der Waals surface area contributed by atoms with E-state index >= 15 is 0 Å². The largest absolute Gasteiger partial charge is 0.326 e. The van der Waals surface area contributed by atoms with E-state index in [0.717, 1.165) is 17.9 Å². The van der Waals surface area contributed by atoms with E-state index in [1.54, 1.807) is 54.2 Å². The molecule has 0 bridgehead atoms. The molecule has 3 aromatic carbocycles. The van der Waals surface area contributed by atoms with Crippen LogP contribution in [0.3, 0.4) is 0 Å². The van der Waals surface area contributed by atoms with Crippen LogP contribution in [-0.4, -0.2) is 23.2 Å². The van der Waals surface area contributed by atoms with Crippen molar-refractivity contribution in [3.05, 3.63) is 101 Å². The fourth-order valence-electron chi connectivity index (χ4n) is 3.50. The minimum atomic E-state index is -0.186. The first-order valence-corrected chi connectivity index (χ1v) is 11.0. The van der Waals surface area contributed by atoms with E-state index in [1.807, 2.05) is 18.2 Å². The highest BCUT2D eigenvalue weighted by atomic mass is 32.2. The number of rotatable bonds is 7. The minimum absolute atomic E-state index is 0.0924. The molecular formula is C25H21NO3S. The van der Waals surface area contributed by atoms with Crippen LogP contribution < -0.4 is 5.32 Å². The Bertz CT molecular complexity index is 1110. The molecule has 0 spiro atoms.